The Bertz CT molecular complexity index is 294. The van der Waals surface area contributed by atoms with Crippen LogP contribution in [-0.4, -0.2) is 38.8 Å². The molecule has 1 heterocycles. The molecule has 1 aromatic heterocycles. The average molecular weight is 184 g/mol. The third-order valence-corrected chi connectivity index (χ3v) is 1.36. The molecule has 0 spiro atoms. The average Bonchev–Trinajstić information content (AvgIpc) is 2.47. The predicted molar refractivity (Wildman–Crippen MR) is 45.1 cm³/mol. The van der Waals surface area contributed by atoms with Crippen LogP contribution in [0.2, 0.25) is 0 Å². The van der Waals surface area contributed by atoms with Crippen molar-refractivity contribution in [2.45, 2.75) is 20.0 Å². The number of amides is 1. The molecule has 0 saturated carbocycles. The molecule has 1 aromatic rings. The number of carbonyl (C=O) groups is 1. The minimum Gasteiger partial charge on any atom is -0.392 e. The van der Waals surface area contributed by atoms with E-state index in [0.717, 1.165) is 0 Å². The summed E-state index contributed by atoms with van der Waals surface area (Å²) in [6, 6.07) is 0. The molecular formula is C7H12N4O2. The van der Waals surface area contributed by atoms with E-state index in [1.165, 1.54) is 0 Å². The first kappa shape index (κ1) is 9.66. The van der Waals surface area contributed by atoms with Gasteiger partial charge in [0.2, 0.25) is 5.82 Å². The first-order valence-electron chi connectivity index (χ1n) is 3.95. The highest BCUT2D eigenvalue weighted by Gasteiger charge is 2.10. The molecule has 1 amide bonds. The number of H-pyrrole nitrogens is 1. The number of aromatic nitrogens is 3. The Morgan fingerprint density at radius 2 is 2.46 bits per heavy atom. The molecule has 0 aliphatic carbocycles. The van der Waals surface area contributed by atoms with Crippen molar-refractivity contribution in [2.24, 2.45) is 0 Å². The van der Waals surface area contributed by atoms with Crippen LogP contribution in [0.3, 0.4) is 0 Å². The number of nitrogens with one attached hydrogen (secondary N) is 2. The van der Waals surface area contributed by atoms with Gasteiger partial charge < -0.3 is 10.4 Å². The van der Waals surface area contributed by atoms with Crippen molar-refractivity contribution in [3.05, 3.63) is 11.6 Å². The largest absolute Gasteiger partial charge is 0.392 e. The number of carbonyl (C=O) groups excluding carboxylic acids is 1. The molecule has 1 rings (SSSR count). The van der Waals surface area contributed by atoms with Gasteiger partial charge in [-0.15, -0.1) is 5.10 Å². The fraction of sp³-hybridized carbons (Fsp3) is 0.571. The van der Waals surface area contributed by atoms with E-state index in [1.807, 2.05) is 0 Å². The van der Waals surface area contributed by atoms with E-state index in [1.54, 1.807) is 13.8 Å². The summed E-state index contributed by atoms with van der Waals surface area (Å²) in [7, 11) is 0. The topological polar surface area (TPSA) is 90.9 Å². The third kappa shape index (κ3) is 2.83. The Morgan fingerprint density at radius 3 is 2.92 bits per heavy atom. The number of aliphatic hydroxyl groups is 1. The van der Waals surface area contributed by atoms with Gasteiger partial charge in [-0.25, -0.2) is 4.98 Å². The highest BCUT2D eigenvalue weighted by atomic mass is 16.3. The molecule has 0 bridgehead atoms. The number of aryl methyl sites for hydroxylation is 1. The van der Waals surface area contributed by atoms with Crippen LogP contribution < -0.4 is 5.32 Å². The first-order chi connectivity index (χ1) is 6.09. The zero-order valence-electron chi connectivity index (χ0n) is 7.53. The maximum absolute atomic E-state index is 11.2. The summed E-state index contributed by atoms with van der Waals surface area (Å²) in [6.45, 7) is 3.49. The molecule has 0 fully saturated rings. The van der Waals surface area contributed by atoms with Gasteiger partial charge in [0.15, 0.2) is 0 Å². The van der Waals surface area contributed by atoms with Crippen LogP contribution in [0.4, 0.5) is 0 Å². The normalized spacial score (nSPS) is 12.5. The Balaban J connectivity index is 2.49. The quantitative estimate of drug-likeness (QED) is 0.575. The van der Waals surface area contributed by atoms with Crippen LogP contribution in [0.15, 0.2) is 0 Å². The zero-order valence-corrected chi connectivity index (χ0v) is 7.53. The molecule has 6 nitrogen and oxygen atoms in total. The Morgan fingerprint density at radius 1 is 1.77 bits per heavy atom. The monoisotopic (exact) mass is 184 g/mol. The van der Waals surface area contributed by atoms with Crippen molar-refractivity contribution in [3.63, 3.8) is 0 Å². The molecule has 72 valence electrons. The van der Waals surface area contributed by atoms with Gasteiger partial charge in [0.25, 0.3) is 5.91 Å². The highest BCUT2D eigenvalue weighted by Crippen LogP contribution is 1.90. The van der Waals surface area contributed by atoms with Crippen molar-refractivity contribution in [3.8, 4) is 0 Å². The van der Waals surface area contributed by atoms with E-state index >= 15 is 0 Å². The van der Waals surface area contributed by atoms with Gasteiger partial charge in [-0.05, 0) is 13.8 Å². The Hall–Kier alpha value is -1.43. The molecule has 1 unspecified atom stereocenters. The third-order valence-electron chi connectivity index (χ3n) is 1.36. The van der Waals surface area contributed by atoms with Gasteiger partial charge in [0.05, 0.1) is 6.10 Å². The molecule has 0 aliphatic rings. The molecule has 13 heavy (non-hydrogen) atoms. The van der Waals surface area contributed by atoms with Crippen LogP contribution in [0.25, 0.3) is 0 Å². The zero-order chi connectivity index (χ0) is 9.84. The molecule has 3 N–H and O–H groups in total. The van der Waals surface area contributed by atoms with Crippen molar-refractivity contribution in [1.82, 2.24) is 20.5 Å². The number of nitrogens with zero attached hydrogens (tertiary/aromatic N) is 2. The van der Waals surface area contributed by atoms with Gasteiger partial charge >= 0.3 is 0 Å². The molecule has 0 aliphatic heterocycles. The standard InChI is InChI=1S/C7H12N4O2/c1-4(12)3-8-7(13)6-9-5(2)10-11-6/h4,12H,3H2,1-2H3,(H,8,13)(H,9,10,11). The number of hydrogen-bond acceptors (Lipinski definition) is 4. The maximum atomic E-state index is 11.2. The minimum absolute atomic E-state index is 0.0955. The summed E-state index contributed by atoms with van der Waals surface area (Å²) in [6.07, 6.45) is -0.566. The lowest BCUT2D eigenvalue weighted by Gasteiger charge is -2.03. The Kier molecular flexibility index (Phi) is 2.97. The summed E-state index contributed by atoms with van der Waals surface area (Å²) >= 11 is 0. The van der Waals surface area contributed by atoms with Crippen LogP contribution in [-0.2, 0) is 0 Å². The molecule has 1 atom stereocenters. The van der Waals surface area contributed by atoms with Gasteiger partial charge in [-0.1, -0.05) is 0 Å². The summed E-state index contributed by atoms with van der Waals surface area (Å²) in [5.41, 5.74) is 0. The second kappa shape index (κ2) is 3.99. The first-order valence-corrected chi connectivity index (χ1v) is 3.95. The highest BCUT2D eigenvalue weighted by molar-refractivity contribution is 5.90. The lowest BCUT2D eigenvalue weighted by molar-refractivity contribution is 0.0914. The smallest absolute Gasteiger partial charge is 0.291 e. The van der Waals surface area contributed by atoms with E-state index in [-0.39, 0.29) is 18.3 Å². The molecule has 6 heteroatoms. The van der Waals surface area contributed by atoms with E-state index in [2.05, 4.69) is 20.5 Å². The van der Waals surface area contributed by atoms with Gasteiger partial charge in [0, 0.05) is 6.54 Å². The molecular weight excluding hydrogens is 172 g/mol. The summed E-state index contributed by atoms with van der Waals surface area (Å²) in [5.74, 6) is 0.297. The van der Waals surface area contributed by atoms with Crippen LogP contribution in [0.1, 0.15) is 23.4 Å². The molecule has 0 aromatic carbocycles. The van der Waals surface area contributed by atoms with Crippen molar-refractivity contribution < 1.29 is 9.90 Å². The van der Waals surface area contributed by atoms with E-state index in [0.29, 0.717) is 5.82 Å². The number of aromatic amines is 1. The van der Waals surface area contributed by atoms with E-state index in [4.69, 9.17) is 5.11 Å². The van der Waals surface area contributed by atoms with Gasteiger partial charge in [-0.3, -0.25) is 9.89 Å². The van der Waals surface area contributed by atoms with Gasteiger partial charge in [0.1, 0.15) is 5.82 Å². The number of rotatable bonds is 3. The Labute approximate surface area is 75.4 Å². The fourth-order valence-electron chi connectivity index (χ4n) is 0.764. The lowest BCUT2D eigenvalue weighted by Crippen LogP contribution is -2.31. The second-order valence-electron chi connectivity index (χ2n) is 2.80. The summed E-state index contributed by atoms with van der Waals surface area (Å²) in [5, 5.41) is 17.6. The minimum atomic E-state index is -0.566. The predicted octanol–water partition coefficient (Wildman–Crippen LogP) is -0.776. The molecule has 0 saturated heterocycles. The summed E-state index contributed by atoms with van der Waals surface area (Å²) < 4.78 is 0. The summed E-state index contributed by atoms with van der Waals surface area (Å²) in [4.78, 5) is 15.0. The van der Waals surface area contributed by atoms with Crippen LogP contribution >= 0.6 is 0 Å². The van der Waals surface area contributed by atoms with E-state index < -0.39 is 6.10 Å². The number of aliphatic hydroxyl groups excluding tert-OH is 1. The molecule has 0 radical (unpaired) electrons. The van der Waals surface area contributed by atoms with Crippen molar-refractivity contribution in [2.75, 3.05) is 6.54 Å². The fourth-order valence-corrected chi connectivity index (χ4v) is 0.764. The lowest BCUT2D eigenvalue weighted by atomic mass is 10.4. The second-order valence-corrected chi connectivity index (χ2v) is 2.80. The van der Waals surface area contributed by atoms with E-state index in [9.17, 15) is 4.79 Å². The van der Waals surface area contributed by atoms with Crippen LogP contribution in [0, 0.1) is 6.92 Å². The number of hydrogen-bond donors (Lipinski definition) is 3. The van der Waals surface area contributed by atoms with Crippen molar-refractivity contribution in [1.29, 1.82) is 0 Å². The maximum Gasteiger partial charge on any atom is 0.291 e. The van der Waals surface area contributed by atoms with Crippen molar-refractivity contribution >= 4 is 5.91 Å². The van der Waals surface area contributed by atoms with Gasteiger partial charge in [-0.2, -0.15) is 0 Å². The SMILES string of the molecule is Cc1nc(C(=O)NCC(C)O)n[nH]1. The van der Waals surface area contributed by atoms with Crippen LogP contribution in [0.5, 0.6) is 0 Å².